The lowest BCUT2D eigenvalue weighted by atomic mass is 10.1. The Hall–Kier alpha value is -2.46. The summed E-state index contributed by atoms with van der Waals surface area (Å²) in [5, 5.41) is 0. The molecule has 0 radical (unpaired) electrons. The van der Waals surface area contributed by atoms with Gasteiger partial charge in [0, 0.05) is 0 Å². The largest absolute Gasteiger partial charge is 0.444 e. The van der Waals surface area contributed by atoms with Crippen LogP contribution in [0.4, 0.5) is 0 Å². The molecule has 2 heterocycles. The van der Waals surface area contributed by atoms with Crippen molar-refractivity contribution in [1.82, 2.24) is 15.0 Å². The zero-order chi connectivity index (χ0) is 15.1. The molecule has 0 aliphatic rings. The molecular weight excluding hydrogens is 298 g/mol. The van der Waals surface area contributed by atoms with Gasteiger partial charge in [-0.15, -0.1) is 11.6 Å². The molecule has 0 aliphatic carbocycles. The molecule has 0 fully saturated rings. The van der Waals surface area contributed by atoms with Gasteiger partial charge in [0.1, 0.15) is 11.8 Å². The Morgan fingerprint density at radius 3 is 2.73 bits per heavy atom. The van der Waals surface area contributed by atoms with Crippen LogP contribution in [0.2, 0.25) is 0 Å². The van der Waals surface area contributed by atoms with Crippen molar-refractivity contribution in [3.8, 4) is 11.5 Å². The van der Waals surface area contributed by atoms with Crippen LogP contribution in [-0.2, 0) is 5.88 Å². The summed E-state index contributed by atoms with van der Waals surface area (Å²) in [6.07, 6.45) is 1.57. The molecular formula is C17H12ClN3O. The van der Waals surface area contributed by atoms with Crippen molar-refractivity contribution in [2.45, 2.75) is 12.8 Å². The molecule has 22 heavy (non-hydrogen) atoms. The first kappa shape index (κ1) is 13.2. The molecule has 2 aromatic heterocycles. The zero-order valence-electron chi connectivity index (χ0n) is 11.9. The van der Waals surface area contributed by atoms with Gasteiger partial charge in [-0.25, -0.2) is 15.0 Å². The highest BCUT2D eigenvalue weighted by Crippen LogP contribution is 2.28. The Balaban J connectivity index is 2.02. The van der Waals surface area contributed by atoms with E-state index in [1.54, 1.807) is 6.26 Å². The van der Waals surface area contributed by atoms with E-state index in [9.17, 15) is 0 Å². The van der Waals surface area contributed by atoms with Gasteiger partial charge in [0.05, 0.1) is 33.7 Å². The normalized spacial score (nSPS) is 11.4. The molecule has 4 rings (SSSR count). The van der Waals surface area contributed by atoms with Crippen molar-refractivity contribution in [2.24, 2.45) is 0 Å². The summed E-state index contributed by atoms with van der Waals surface area (Å²) >= 11 is 5.79. The summed E-state index contributed by atoms with van der Waals surface area (Å²) < 4.78 is 5.52. The molecule has 0 aliphatic heterocycles. The topological polar surface area (TPSA) is 51.8 Å². The van der Waals surface area contributed by atoms with Crippen molar-refractivity contribution in [3.05, 3.63) is 53.9 Å². The van der Waals surface area contributed by atoms with Gasteiger partial charge in [0.25, 0.3) is 0 Å². The second kappa shape index (κ2) is 5.07. The van der Waals surface area contributed by atoms with E-state index in [0.29, 0.717) is 17.5 Å². The highest BCUT2D eigenvalue weighted by molar-refractivity contribution is 6.16. The van der Waals surface area contributed by atoms with E-state index < -0.39 is 0 Å². The molecule has 0 atom stereocenters. The Bertz CT molecular complexity index is 994. The van der Waals surface area contributed by atoms with Crippen LogP contribution >= 0.6 is 11.6 Å². The number of fused-ring (bicyclic) bond motifs is 2. The van der Waals surface area contributed by atoms with E-state index in [1.165, 1.54) is 0 Å². The average molecular weight is 310 g/mol. The smallest absolute Gasteiger partial charge is 0.228 e. The van der Waals surface area contributed by atoms with Crippen molar-refractivity contribution in [3.63, 3.8) is 0 Å². The minimum Gasteiger partial charge on any atom is -0.444 e. The van der Waals surface area contributed by atoms with E-state index in [2.05, 4.69) is 9.97 Å². The van der Waals surface area contributed by atoms with E-state index in [-0.39, 0.29) is 0 Å². The molecule has 0 spiro atoms. The van der Waals surface area contributed by atoms with Crippen LogP contribution in [0.1, 0.15) is 11.3 Å². The lowest BCUT2D eigenvalue weighted by molar-refractivity contribution is 0.574. The van der Waals surface area contributed by atoms with E-state index in [0.717, 1.165) is 33.2 Å². The standard InChI is InChI=1S/C17H12ClN3O/c1-10-5-6-13-15(7-10)21-16-12(3-2-4-14(16)20-13)17-19-11(8-18)9-22-17/h2-7,9H,8H2,1H3. The molecule has 0 saturated carbocycles. The Labute approximate surface area is 131 Å². The number of para-hydroxylation sites is 1. The van der Waals surface area contributed by atoms with E-state index in [1.807, 2.05) is 43.3 Å². The zero-order valence-corrected chi connectivity index (χ0v) is 12.6. The summed E-state index contributed by atoms with van der Waals surface area (Å²) in [7, 11) is 0. The number of benzene rings is 2. The SMILES string of the molecule is Cc1ccc2nc3cccc(-c4nc(CCl)co4)c3nc2c1. The van der Waals surface area contributed by atoms with Crippen LogP contribution < -0.4 is 0 Å². The third-order valence-electron chi connectivity index (χ3n) is 3.54. The first-order chi connectivity index (χ1) is 10.7. The monoisotopic (exact) mass is 309 g/mol. The molecule has 4 aromatic rings. The van der Waals surface area contributed by atoms with Gasteiger partial charge in [-0.05, 0) is 36.8 Å². The number of hydrogen-bond donors (Lipinski definition) is 0. The average Bonchev–Trinajstić information content (AvgIpc) is 3.01. The third-order valence-corrected chi connectivity index (χ3v) is 3.81. The molecule has 0 saturated heterocycles. The number of oxazole rings is 1. The maximum Gasteiger partial charge on any atom is 0.228 e. The lowest BCUT2D eigenvalue weighted by Gasteiger charge is -2.05. The minimum absolute atomic E-state index is 0.321. The van der Waals surface area contributed by atoms with Crippen LogP contribution in [-0.4, -0.2) is 15.0 Å². The minimum atomic E-state index is 0.321. The summed E-state index contributed by atoms with van der Waals surface area (Å²) in [5.41, 5.74) is 6.03. The van der Waals surface area contributed by atoms with Gasteiger partial charge < -0.3 is 4.42 Å². The second-order valence-electron chi connectivity index (χ2n) is 5.17. The lowest BCUT2D eigenvalue weighted by Crippen LogP contribution is -1.91. The summed E-state index contributed by atoms with van der Waals surface area (Å²) in [5.74, 6) is 0.838. The quantitative estimate of drug-likeness (QED) is 0.404. The first-order valence-corrected chi connectivity index (χ1v) is 7.46. The van der Waals surface area contributed by atoms with Crippen LogP contribution in [0, 0.1) is 6.92 Å². The predicted molar refractivity (Wildman–Crippen MR) is 86.8 cm³/mol. The van der Waals surface area contributed by atoms with Gasteiger partial charge in [-0.3, -0.25) is 0 Å². The van der Waals surface area contributed by atoms with Gasteiger partial charge >= 0.3 is 0 Å². The second-order valence-corrected chi connectivity index (χ2v) is 5.43. The van der Waals surface area contributed by atoms with Gasteiger partial charge in [0.2, 0.25) is 5.89 Å². The van der Waals surface area contributed by atoms with Crippen LogP contribution in [0.5, 0.6) is 0 Å². The van der Waals surface area contributed by atoms with Crippen molar-refractivity contribution in [2.75, 3.05) is 0 Å². The van der Waals surface area contributed by atoms with Crippen LogP contribution in [0.25, 0.3) is 33.5 Å². The van der Waals surface area contributed by atoms with Crippen LogP contribution in [0.15, 0.2) is 47.1 Å². The number of hydrogen-bond acceptors (Lipinski definition) is 4. The first-order valence-electron chi connectivity index (χ1n) is 6.92. The highest BCUT2D eigenvalue weighted by atomic mass is 35.5. The number of aromatic nitrogens is 3. The Morgan fingerprint density at radius 2 is 1.91 bits per heavy atom. The number of alkyl halides is 1. The molecule has 108 valence electrons. The van der Waals surface area contributed by atoms with Crippen molar-refractivity contribution in [1.29, 1.82) is 0 Å². The molecule has 0 amide bonds. The number of aryl methyl sites for hydroxylation is 1. The molecule has 0 N–H and O–H groups in total. The number of nitrogens with zero attached hydrogens (tertiary/aromatic N) is 3. The number of rotatable bonds is 2. The molecule has 0 unspecified atom stereocenters. The predicted octanol–water partition coefficient (Wildman–Crippen LogP) is 4.49. The third kappa shape index (κ3) is 2.12. The van der Waals surface area contributed by atoms with Gasteiger partial charge in [-0.2, -0.15) is 0 Å². The van der Waals surface area contributed by atoms with Gasteiger partial charge in [0.15, 0.2) is 0 Å². The van der Waals surface area contributed by atoms with Crippen molar-refractivity contribution < 1.29 is 4.42 Å². The van der Waals surface area contributed by atoms with E-state index >= 15 is 0 Å². The fraction of sp³-hybridized carbons (Fsp3) is 0.118. The van der Waals surface area contributed by atoms with Crippen molar-refractivity contribution >= 4 is 33.7 Å². The maximum absolute atomic E-state index is 5.79. The molecule has 4 nitrogen and oxygen atoms in total. The molecule has 0 bridgehead atoms. The van der Waals surface area contributed by atoms with E-state index in [4.69, 9.17) is 21.0 Å². The summed E-state index contributed by atoms with van der Waals surface area (Å²) in [6.45, 7) is 2.04. The van der Waals surface area contributed by atoms with Gasteiger partial charge in [-0.1, -0.05) is 12.1 Å². The Morgan fingerprint density at radius 1 is 1.00 bits per heavy atom. The summed E-state index contributed by atoms with van der Waals surface area (Å²) in [6, 6.07) is 11.8. The number of halogens is 1. The highest BCUT2D eigenvalue weighted by Gasteiger charge is 2.12. The fourth-order valence-electron chi connectivity index (χ4n) is 2.47. The van der Waals surface area contributed by atoms with Crippen LogP contribution in [0.3, 0.4) is 0 Å². The molecule has 5 heteroatoms. The summed E-state index contributed by atoms with van der Waals surface area (Å²) in [4.78, 5) is 13.8. The fourth-order valence-corrected chi connectivity index (χ4v) is 2.59. The Kier molecular flexibility index (Phi) is 3.05. The molecule has 2 aromatic carbocycles. The maximum atomic E-state index is 5.79.